The van der Waals surface area contributed by atoms with Crippen molar-refractivity contribution in [3.63, 3.8) is 0 Å². The fourth-order valence-corrected chi connectivity index (χ4v) is 3.90. The lowest BCUT2D eigenvalue weighted by atomic mass is 9.88. The van der Waals surface area contributed by atoms with Gasteiger partial charge >= 0.3 is 0 Å². The van der Waals surface area contributed by atoms with Crippen LogP contribution in [0.3, 0.4) is 0 Å². The van der Waals surface area contributed by atoms with E-state index in [1.54, 1.807) is 6.07 Å². The molecule has 3 aromatic carbocycles. The van der Waals surface area contributed by atoms with Crippen LogP contribution in [0.5, 0.6) is 5.75 Å². The van der Waals surface area contributed by atoms with Gasteiger partial charge in [0.1, 0.15) is 10.6 Å². The third-order valence-electron chi connectivity index (χ3n) is 5.01. The second-order valence-corrected chi connectivity index (χ2v) is 8.08. The Labute approximate surface area is 159 Å². The molecule has 3 aromatic rings. The number of hydrogen-bond acceptors (Lipinski definition) is 3. The van der Waals surface area contributed by atoms with Crippen LogP contribution in [-0.4, -0.2) is 18.1 Å². The molecule has 140 valence electrons. The Balaban J connectivity index is 1.90. The molecule has 0 aliphatic heterocycles. The average molecular weight is 382 g/mol. The zero-order valence-electron chi connectivity index (χ0n) is 15.2. The summed E-state index contributed by atoms with van der Waals surface area (Å²) in [6.07, 6.45) is 0. The smallest absolute Gasteiger partial charge is 0.298 e. The Bertz CT molecular complexity index is 1030. The second-order valence-electron chi connectivity index (χ2n) is 6.69. The first kappa shape index (κ1) is 19.1. The monoisotopic (exact) mass is 382 g/mol. The molecule has 0 aliphatic rings. The number of phenolic OH excluding ortho intramolecular Hbond substituents is 1. The van der Waals surface area contributed by atoms with Crippen molar-refractivity contribution in [1.82, 2.24) is 0 Å². The van der Waals surface area contributed by atoms with Gasteiger partial charge in [-0.3, -0.25) is 4.55 Å². The van der Waals surface area contributed by atoms with E-state index >= 15 is 0 Å². The lowest BCUT2D eigenvalue weighted by molar-refractivity contribution is 0.436. The first-order valence-electron chi connectivity index (χ1n) is 8.73. The van der Waals surface area contributed by atoms with E-state index < -0.39 is 20.8 Å². The summed E-state index contributed by atoms with van der Waals surface area (Å²) in [5.41, 5.74) is 3.81. The van der Waals surface area contributed by atoms with Crippen LogP contribution < -0.4 is 0 Å². The Morgan fingerprint density at radius 2 is 1.22 bits per heavy atom. The quantitative estimate of drug-likeness (QED) is 0.613. The van der Waals surface area contributed by atoms with Crippen LogP contribution in [0, 0.1) is 0 Å². The van der Waals surface area contributed by atoms with Crippen molar-refractivity contribution in [3.05, 3.63) is 95.1 Å². The number of phenols is 1. The van der Waals surface area contributed by atoms with Crippen molar-refractivity contribution in [1.29, 1.82) is 0 Å². The highest BCUT2D eigenvalue weighted by molar-refractivity contribution is 7.86. The molecule has 0 radical (unpaired) electrons. The van der Waals surface area contributed by atoms with Gasteiger partial charge in [0.05, 0.1) is 0 Å². The molecule has 0 bridgehead atoms. The molecule has 4 nitrogen and oxygen atoms in total. The van der Waals surface area contributed by atoms with Crippen molar-refractivity contribution in [2.75, 3.05) is 0 Å². The molecule has 27 heavy (non-hydrogen) atoms. The first-order valence-corrected chi connectivity index (χ1v) is 10.2. The van der Waals surface area contributed by atoms with Gasteiger partial charge in [0.15, 0.2) is 0 Å². The Morgan fingerprint density at radius 1 is 0.704 bits per heavy atom. The third-order valence-corrected chi connectivity index (χ3v) is 5.90. The highest BCUT2D eigenvalue weighted by atomic mass is 32.2. The maximum Gasteiger partial charge on any atom is 0.298 e. The molecule has 0 amide bonds. The van der Waals surface area contributed by atoms with Crippen molar-refractivity contribution in [2.45, 2.75) is 30.6 Å². The van der Waals surface area contributed by atoms with Crippen LogP contribution in [0.25, 0.3) is 0 Å². The molecule has 0 spiro atoms. The van der Waals surface area contributed by atoms with Crippen LogP contribution in [0.1, 0.15) is 47.9 Å². The number of benzene rings is 3. The average Bonchev–Trinajstić information content (AvgIpc) is 2.67. The lowest BCUT2D eigenvalue weighted by Gasteiger charge is -2.17. The van der Waals surface area contributed by atoms with E-state index in [-0.39, 0.29) is 11.8 Å². The van der Waals surface area contributed by atoms with E-state index in [4.69, 9.17) is 0 Å². The summed E-state index contributed by atoms with van der Waals surface area (Å²) in [7, 11) is -4.47. The number of para-hydroxylation sites is 1. The molecule has 0 saturated heterocycles. The summed E-state index contributed by atoms with van der Waals surface area (Å²) in [4.78, 5) is -0.471. The second kappa shape index (κ2) is 7.55. The minimum Gasteiger partial charge on any atom is -0.506 e. The van der Waals surface area contributed by atoms with Gasteiger partial charge in [0, 0.05) is 17.4 Å². The molecule has 0 fully saturated rings. The van der Waals surface area contributed by atoms with Gasteiger partial charge in [-0.15, -0.1) is 0 Å². The van der Waals surface area contributed by atoms with Crippen molar-refractivity contribution < 1.29 is 18.1 Å². The van der Waals surface area contributed by atoms with Crippen molar-refractivity contribution >= 4 is 10.1 Å². The Kier molecular flexibility index (Phi) is 5.35. The van der Waals surface area contributed by atoms with E-state index in [0.717, 1.165) is 5.56 Å². The molecule has 5 heteroatoms. The zero-order valence-corrected chi connectivity index (χ0v) is 16.0. The fraction of sp³-hybridized carbons (Fsp3) is 0.182. The molecule has 0 aromatic heterocycles. The molecule has 2 atom stereocenters. The van der Waals surface area contributed by atoms with Gasteiger partial charge in [0.25, 0.3) is 10.1 Å². The van der Waals surface area contributed by atoms with E-state index in [9.17, 15) is 18.1 Å². The van der Waals surface area contributed by atoms with Crippen molar-refractivity contribution in [2.24, 2.45) is 0 Å². The SMILES string of the molecule is CC(c1ccccc1)c1ccc(C(C)c2cccc(S(=O)(=O)O)c2O)cc1. The molecule has 0 aliphatic carbocycles. The highest BCUT2D eigenvalue weighted by Gasteiger charge is 2.21. The van der Waals surface area contributed by atoms with Gasteiger partial charge in [-0.1, -0.05) is 80.6 Å². The number of aromatic hydroxyl groups is 1. The van der Waals surface area contributed by atoms with Crippen LogP contribution in [0.4, 0.5) is 0 Å². The molecule has 0 saturated carbocycles. The minimum absolute atomic E-state index is 0.229. The highest BCUT2D eigenvalue weighted by Crippen LogP contribution is 2.36. The predicted octanol–water partition coefficient (Wildman–Crippen LogP) is 4.94. The van der Waals surface area contributed by atoms with Crippen molar-refractivity contribution in [3.8, 4) is 5.75 Å². The van der Waals surface area contributed by atoms with E-state index in [0.29, 0.717) is 5.56 Å². The van der Waals surface area contributed by atoms with Gasteiger partial charge < -0.3 is 5.11 Å². The third kappa shape index (κ3) is 4.04. The summed E-state index contributed by atoms with van der Waals surface area (Å²) in [6, 6.07) is 22.7. The summed E-state index contributed by atoms with van der Waals surface area (Å²) < 4.78 is 32.1. The standard InChI is InChI=1S/C22H22O4S/c1-15(17-7-4-3-5-8-17)18-11-13-19(14-12-18)16(2)20-9-6-10-21(22(20)23)27(24,25)26/h3-16,23H,1-2H3,(H,24,25,26). The Hall–Kier alpha value is -2.63. The van der Waals surface area contributed by atoms with Gasteiger partial charge in [-0.05, 0) is 22.8 Å². The van der Waals surface area contributed by atoms with E-state index in [1.807, 2.05) is 49.4 Å². The summed E-state index contributed by atoms with van der Waals surface area (Å²) in [6.45, 7) is 4.04. The lowest BCUT2D eigenvalue weighted by Crippen LogP contribution is -2.03. The van der Waals surface area contributed by atoms with Crippen LogP contribution in [0.2, 0.25) is 0 Å². The summed E-state index contributed by atoms with van der Waals surface area (Å²) in [5, 5.41) is 10.3. The largest absolute Gasteiger partial charge is 0.506 e. The number of hydrogen-bond donors (Lipinski definition) is 2. The maximum absolute atomic E-state index is 11.4. The van der Waals surface area contributed by atoms with Gasteiger partial charge in [-0.2, -0.15) is 8.42 Å². The molecule has 0 heterocycles. The van der Waals surface area contributed by atoms with Crippen LogP contribution in [0.15, 0.2) is 77.7 Å². The molecular weight excluding hydrogens is 360 g/mol. The minimum atomic E-state index is -4.47. The molecule has 2 unspecified atom stereocenters. The fourth-order valence-electron chi connectivity index (χ4n) is 3.28. The normalized spacial score (nSPS) is 13.9. The van der Waals surface area contributed by atoms with Crippen LogP contribution in [-0.2, 0) is 10.1 Å². The van der Waals surface area contributed by atoms with Gasteiger partial charge in [-0.25, -0.2) is 0 Å². The topological polar surface area (TPSA) is 74.6 Å². The predicted molar refractivity (Wildman–Crippen MR) is 106 cm³/mol. The molecule has 3 rings (SSSR count). The first-order chi connectivity index (χ1) is 12.8. The summed E-state index contributed by atoms with van der Waals surface area (Å²) >= 11 is 0. The Morgan fingerprint density at radius 3 is 1.78 bits per heavy atom. The maximum atomic E-state index is 11.4. The molecule has 2 N–H and O–H groups in total. The zero-order chi connectivity index (χ0) is 19.6. The van der Waals surface area contributed by atoms with E-state index in [1.165, 1.54) is 23.3 Å². The van der Waals surface area contributed by atoms with E-state index in [2.05, 4.69) is 19.1 Å². The van der Waals surface area contributed by atoms with Gasteiger partial charge in [0.2, 0.25) is 0 Å². The number of rotatable bonds is 5. The summed E-state index contributed by atoms with van der Waals surface area (Å²) in [5.74, 6) is -0.381. The molecular formula is C22H22O4S. The van der Waals surface area contributed by atoms with Crippen LogP contribution >= 0.6 is 0 Å².